The van der Waals surface area contributed by atoms with Crippen molar-refractivity contribution >= 4 is 29.1 Å². The number of fused-ring (bicyclic) bond motifs is 1. The predicted octanol–water partition coefficient (Wildman–Crippen LogP) is 1.68. The maximum Gasteiger partial charge on any atom is 0.237 e. The van der Waals surface area contributed by atoms with Crippen molar-refractivity contribution in [2.24, 2.45) is 0 Å². The van der Waals surface area contributed by atoms with Crippen LogP contribution in [0, 0.1) is 0 Å². The minimum absolute atomic E-state index is 0.109. The number of piperazine rings is 1. The van der Waals surface area contributed by atoms with Gasteiger partial charge in [0.1, 0.15) is 12.0 Å². The Morgan fingerprint density at radius 2 is 2.04 bits per heavy atom. The molecule has 6 nitrogen and oxygen atoms in total. The van der Waals surface area contributed by atoms with Crippen LogP contribution in [-0.2, 0) is 4.79 Å². The first kappa shape index (κ1) is 18.3. The second kappa shape index (κ2) is 7.17. The summed E-state index contributed by atoms with van der Waals surface area (Å²) < 4.78 is 5.50. The van der Waals surface area contributed by atoms with Crippen LogP contribution in [0.25, 0.3) is 0 Å². The molecular formula is C18H23Cl2N3O3. The summed E-state index contributed by atoms with van der Waals surface area (Å²) in [7, 11) is 1.62. The number of methoxy groups -OCH3 is 1. The number of carbonyl (C=O) groups is 1. The summed E-state index contributed by atoms with van der Waals surface area (Å²) in [5, 5.41) is 13.8. The van der Waals surface area contributed by atoms with Crippen LogP contribution in [0.5, 0.6) is 5.75 Å². The van der Waals surface area contributed by atoms with Gasteiger partial charge in [-0.25, -0.2) is 0 Å². The molecule has 3 fully saturated rings. The summed E-state index contributed by atoms with van der Waals surface area (Å²) in [6.07, 6.45) is 1.03. The van der Waals surface area contributed by atoms with Crippen molar-refractivity contribution in [2.45, 2.75) is 37.1 Å². The topological polar surface area (TPSA) is 65.0 Å². The molecule has 0 aliphatic carbocycles. The zero-order chi connectivity index (χ0) is 18.4. The van der Waals surface area contributed by atoms with Gasteiger partial charge >= 0.3 is 0 Å². The number of benzene rings is 1. The fourth-order valence-corrected chi connectivity index (χ4v) is 5.04. The smallest absolute Gasteiger partial charge is 0.237 e. The Kier molecular flexibility index (Phi) is 5.05. The van der Waals surface area contributed by atoms with E-state index in [-0.39, 0.29) is 23.9 Å². The summed E-state index contributed by atoms with van der Waals surface area (Å²) in [5.74, 6) is 0.969. The van der Waals surface area contributed by atoms with E-state index in [0.29, 0.717) is 29.6 Å². The van der Waals surface area contributed by atoms with Crippen LogP contribution < -0.4 is 10.1 Å². The molecule has 3 saturated heterocycles. The monoisotopic (exact) mass is 399 g/mol. The third-order valence-corrected chi connectivity index (χ3v) is 6.66. The van der Waals surface area contributed by atoms with Crippen molar-refractivity contribution in [1.82, 2.24) is 15.1 Å². The van der Waals surface area contributed by atoms with Gasteiger partial charge in [-0.3, -0.25) is 15.0 Å². The molecule has 4 rings (SSSR count). The Morgan fingerprint density at radius 1 is 1.23 bits per heavy atom. The van der Waals surface area contributed by atoms with Gasteiger partial charge in [0.2, 0.25) is 5.91 Å². The number of hydrogen-bond acceptors (Lipinski definition) is 5. The van der Waals surface area contributed by atoms with E-state index in [0.717, 1.165) is 30.8 Å². The second-order valence-electron chi connectivity index (χ2n) is 7.35. The van der Waals surface area contributed by atoms with E-state index in [2.05, 4.69) is 10.2 Å². The highest BCUT2D eigenvalue weighted by molar-refractivity contribution is 6.42. The van der Waals surface area contributed by atoms with Gasteiger partial charge in [-0.1, -0.05) is 23.2 Å². The fraction of sp³-hybridized carbons (Fsp3) is 0.611. The molecule has 0 radical (unpaired) electrons. The molecule has 1 aromatic rings. The van der Waals surface area contributed by atoms with Crippen LogP contribution in [0.3, 0.4) is 0 Å². The van der Waals surface area contributed by atoms with Gasteiger partial charge in [-0.05, 0) is 18.6 Å². The Bertz CT molecular complexity index is 717. The van der Waals surface area contributed by atoms with E-state index in [1.807, 2.05) is 11.0 Å². The molecule has 142 valence electrons. The number of halogens is 2. The Balaban J connectivity index is 1.55. The zero-order valence-electron chi connectivity index (χ0n) is 14.6. The first-order valence-corrected chi connectivity index (χ1v) is 9.70. The molecule has 0 bridgehead atoms. The van der Waals surface area contributed by atoms with E-state index < -0.39 is 6.23 Å². The van der Waals surface area contributed by atoms with E-state index in [4.69, 9.17) is 27.9 Å². The third kappa shape index (κ3) is 3.18. The van der Waals surface area contributed by atoms with Crippen LogP contribution in [0.2, 0.25) is 10.0 Å². The van der Waals surface area contributed by atoms with Gasteiger partial charge in [-0.15, -0.1) is 0 Å². The van der Waals surface area contributed by atoms with Crippen LogP contribution in [-0.4, -0.2) is 72.4 Å². The highest BCUT2D eigenvalue weighted by atomic mass is 35.5. The maximum atomic E-state index is 12.7. The minimum atomic E-state index is -0.473. The highest BCUT2D eigenvalue weighted by Gasteiger charge is 2.44. The van der Waals surface area contributed by atoms with Gasteiger partial charge in [0, 0.05) is 49.6 Å². The van der Waals surface area contributed by atoms with Crippen molar-refractivity contribution in [3.8, 4) is 5.75 Å². The molecule has 3 aliphatic rings. The summed E-state index contributed by atoms with van der Waals surface area (Å²) in [4.78, 5) is 16.9. The Labute approximate surface area is 163 Å². The summed E-state index contributed by atoms with van der Waals surface area (Å²) in [6, 6.07) is 3.93. The Morgan fingerprint density at radius 3 is 2.73 bits per heavy atom. The minimum Gasteiger partial charge on any atom is -0.496 e. The molecule has 0 spiro atoms. The molecule has 26 heavy (non-hydrogen) atoms. The number of rotatable bonds is 3. The lowest BCUT2D eigenvalue weighted by molar-refractivity contribution is -0.138. The van der Waals surface area contributed by atoms with Crippen molar-refractivity contribution in [1.29, 1.82) is 0 Å². The quantitative estimate of drug-likeness (QED) is 0.809. The Hall–Kier alpha value is -1.05. The maximum absolute atomic E-state index is 12.7. The standard InChI is InChI=1S/C18H23Cl2N3O3/c1-26-14-3-2-13(19)18(20)17(14)10-4-12-8-22(9-16(25)23(12)7-10)11-5-15(24)21-6-11/h2-3,10-12,15,21,24H,4-9H2,1H3/t10-,11?,12-,15?/m0/s1. The summed E-state index contributed by atoms with van der Waals surface area (Å²) >= 11 is 12.7. The molecule has 1 amide bonds. The molecule has 2 unspecified atom stereocenters. The van der Waals surface area contributed by atoms with E-state index in [9.17, 15) is 9.90 Å². The van der Waals surface area contributed by atoms with Gasteiger partial charge in [-0.2, -0.15) is 0 Å². The fourth-order valence-electron chi connectivity index (χ4n) is 4.56. The lowest BCUT2D eigenvalue weighted by atomic mass is 9.95. The van der Waals surface area contributed by atoms with Gasteiger partial charge in [0.05, 0.1) is 23.7 Å². The number of ether oxygens (including phenoxy) is 1. The van der Waals surface area contributed by atoms with Gasteiger partial charge in [0.25, 0.3) is 0 Å². The van der Waals surface area contributed by atoms with Crippen LogP contribution >= 0.6 is 23.2 Å². The van der Waals surface area contributed by atoms with E-state index >= 15 is 0 Å². The van der Waals surface area contributed by atoms with Crippen LogP contribution in [0.15, 0.2) is 12.1 Å². The molecule has 2 N–H and O–H groups in total. The molecule has 3 heterocycles. The van der Waals surface area contributed by atoms with Crippen molar-refractivity contribution < 1.29 is 14.6 Å². The molecule has 0 saturated carbocycles. The van der Waals surface area contributed by atoms with Gasteiger partial charge in [0.15, 0.2) is 0 Å². The number of aliphatic hydroxyl groups excluding tert-OH is 1. The highest BCUT2D eigenvalue weighted by Crippen LogP contribution is 2.44. The molecule has 1 aromatic carbocycles. The average molecular weight is 400 g/mol. The summed E-state index contributed by atoms with van der Waals surface area (Å²) in [6.45, 7) is 2.59. The normalized spacial score (nSPS) is 32.2. The van der Waals surface area contributed by atoms with Crippen molar-refractivity contribution in [3.05, 3.63) is 27.7 Å². The van der Waals surface area contributed by atoms with Crippen molar-refractivity contribution in [2.75, 3.05) is 33.3 Å². The molecule has 3 aliphatic heterocycles. The van der Waals surface area contributed by atoms with E-state index in [1.54, 1.807) is 13.2 Å². The lowest BCUT2D eigenvalue weighted by Crippen LogP contribution is -2.56. The summed E-state index contributed by atoms with van der Waals surface area (Å²) in [5.41, 5.74) is 0.897. The largest absolute Gasteiger partial charge is 0.496 e. The number of carbonyl (C=O) groups excluding carboxylic acids is 1. The molecule has 0 aromatic heterocycles. The lowest BCUT2D eigenvalue weighted by Gasteiger charge is -2.39. The first-order valence-electron chi connectivity index (χ1n) is 8.94. The zero-order valence-corrected chi connectivity index (χ0v) is 16.1. The number of nitrogens with zero attached hydrogens (tertiary/aromatic N) is 2. The van der Waals surface area contributed by atoms with Crippen molar-refractivity contribution in [3.63, 3.8) is 0 Å². The second-order valence-corrected chi connectivity index (χ2v) is 8.14. The van der Waals surface area contributed by atoms with E-state index in [1.165, 1.54) is 0 Å². The SMILES string of the molecule is COc1ccc(Cl)c(Cl)c1[C@H]1C[C@H]2CN(C3CNC(O)C3)CC(=O)N2C1. The van der Waals surface area contributed by atoms with Crippen LogP contribution in [0.4, 0.5) is 0 Å². The van der Waals surface area contributed by atoms with Crippen LogP contribution in [0.1, 0.15) is 24.3 Å². The molecule has 8 heteroatoms. The van der Waals surface area contributed by atoms with Gasteiger partial charge < -0.3 is 14.7 Å². The predicted molar refractivity (Wildman–Crippen MR) is 99.9 cm³/mol. The molecule has 4 atom stereocenters. The third-order valence-electron chi connectivity index (χ3n) is 5.84. The average Bonchev–Trinajstić information content (AvgIpc) is 3.23. The first-order chi connectivity index (χ1) is 12.5. The number of amides is 1. The molecular weight excluding hydrogens is 377 g/mol. The number of nitrogens with one attached hydrogen (secondary N) is 1. The number of hydrogen-bond donors (Lipinski definition) is 2. The number of aliphatic hydroxyl groups is 1.